The molecule has 0 atom stereocenters. The fourth-order valence-electron chi connectivity index (χ4n) is 3.17. The minimum Gasteiger partial charge on any atom is -0.327 e. The second-order valence-corrected chi connectivity index (χ2v) is 6.92. The standard InChI is InChI=1S/C21H14N4O2S/c22-10-13-3-5-14(6-4-13)11-25-12-15(16-2-1-7-23-20(16)25)8-17-18(26)9-19(28)24-21(17)27/h1-8,12H,9,11H2,(H,24,27,28)/b17-8-. The highest BCUT2D eigenvalue weighted by Gasteiger charge is 2.26. The van der Waals surface area contributed by atoms with E-state index in [0.29, 0.717) is 12.1 Å². The number of amides is 1. The molecule has 28 heavy (non-hydrogen) atoms. The second-order valence-electron chi connectivity index (χ2n) is 6.43. The number of hydrogen-bond acceptors (Lipinski definition) is 5. The molecule has 3 aromatic rings. The molecule has 1 fully saturated rings. The molecule has 7 heteroatoms. The van der Waals surface area contributed by atoms with Crippen LogP contribution in [0, 0.1) is 11.3 Å². The van der Waals surface area contributed by atoms with E-state index in [1.165, 1.54) is 0 Å². The van der Waals surface area contributed by atoms with Crippen LogP contribution < -0.4 is 5.32 Å². The zero-order valence-electron chi connectivity index (χ0n) is 14.7. The first-order valence-corrected chi connectivity index (χ1v) is 8.98. The van der Waals surface area contributed by atoms with Crippen LogP contribution in [-0.2, 0) is 16.1 Å². The van der Waals surface area contributed by atoms with Crippen molar-refractivity contribution in [3.05, 3.63) is 71.1 Å². The number of hydrogen-bond donors (Lipinski definition) is 1. The Balaban J connectivity index is 1.75. The number of ketones is 1. The first-order valence-electron chi connectivity index (χ1n) is 8.57. The van der Waals surface area contributed by atoms with E-state index in [1.807, 2.05) is 35.0 Å². The lowest BCUT2D eigenvalue weighted by molar-refractivity contribution is -0.122. The molecule has 2 aromatic heterocycles. The quantitative estimate of drug-likeness (QED) is 0.425. The molecule has 3 heterocycles. The van der Waals surface area contributed by atoms with Gasteiger partial charge in [-0.15, -0.1) is 0 Å². The molecule has 0 radical (unpaired) electrons. The SMILES string of the molecule is N#Cc1ccc(Cn2cc(/C=C3/C(=O)CC(=S)NC3=O)c3cccnc32)cc1. The zero-order valence-corrected chi connectivity index (χ0v) is 15.5. The van der Waals surface area contributed by atoms with Gasteiger partial charge in [0.2, 0.25) is 0 Å². The minimum absolute atomic E-state index is 0.0367. The number of carbonyl (C=O) groups excluding carboxylic acids is 2. The summed E-state index contributed by atoms with van der Waals surface area (Å²) in [5.74, 6) is -0.760. The third kappa shape index (κ3) is 3.33. The molecular weight excluding hydrogens is 372 g/mol. The third-order valence-corrected chi connectivity index (χ3v) is 4.77. The van der Waals surface area contributed by atoms with Crippen molar-refractivity contribution in [2.45, 2.75) is 13.0 Å². The summed E-state index contributed by atoms with van der Waals surface area (Å²) in [6, 6.07) is 13.1. The van der Waals surface area contributed by atoms with Crippen LogP contribution in [0.25, 0.3) is 17.1 Å². The van der Waals surface area contributed by atoms with Crippen LogP contribution >= 0.6 is 12.2 Å². The molecule has 1 aliphatic rings. The molecule has 0 aliphatic carbocycles. The molecule has 4 rings (SSSR count). The van der Waals surface area contributed by atoms with E-state index in [0.717, 1.165) is 22.2 Å². The first-order chi connectivity index (χ1) is 13.5. The van der Waals surface area contributed by atoms with Gasteiger partial charge < -0.3 is 9.88 Å². The van der Waals surface area contributed by atoms with Gasteiger partial charge in [0.15, 0.2) is 5.78 Å². The second kappa shape index (κ2) is 7.18. The van der Waals surface area contributed by atoms with E-state index < -0.39 is 5.91 Å². The lowest BCUT2D eigenvalue weighted by atomic mass is 10.0. The lowest BCUT2D eigenvalue weighted by Gasteiger charge is -2.14. The molecule has 1 aliphatic heterocycles. The van der Waals surface area contributed by atoms with Crippen LogP contribution in [0.3, 0.4) is 0 Å². The van der Waals surface area contributed by atoms with Gasteiger partial charge in [-0.3, -0.25) is 9.59 Å². The van der Waals surface area contributed by atoms with Crippen molar-refractivity contribution in [1.82, 2.24) is 14.9 Å². The van der Waals surface area contributed by atoms with Crippen LogP contribution in [0.1, 0.15) is 23.1 Å². The summed E-state index contributed by atoms with van der Waals surface area (Å²) in [7, 11) is 0. The number of aromatic nitrogens is 2. The van der Waals surface area contributed by atoms with Gasteiger partial charge in [-0.05, 0) is 35.9 Å². The Morgan fingerprint density at radius 1 is 1.25 bits per heavy atom. The van der Waals surface area contributed by atoms with E-state index in [9.17, 15) is 9.59 Å². The minimum atomic E-state index is -0.474. The molecule has 1 amide bonds. The van der Waals surface area contributed by atoms with Crippen molar-refractivity contribution < 1.29 is 9.59 Å². The van der Waals surface area contributed by atoms with Crippen molar-refractivity contribution in [1.29, 1.82) is 5.26 Å². The Hall–Kier alpha value is -3.63. The molecule has 1 saturated heterocycles. The summed E-state index contributed by atoms with van der Waals surface area (Å²) in [5.41, 5.74) is 3.19. The van der Waals surface area contributed by atoms with Gasteiger partial charge in [-0.25, -0.2) is 4.98 Å². The number of piperidine rings is 1. The zero-order chi connectivity index (χ0) is 19.7. The van der Waals surface area contributed by atoms with E-state index >= 15 is 0 Å². The maximum atomic E-state index is 12.2. The van der Waals surface area contributed by atoms with Crippen LogP contribution in [-0.4, -0.2) is 26.2 Å². The number of nitrogens with one attached hydrogen (secondary N) is 1. The lowest BCUT2D eigenvalue weighted by Crippen LogP contribution is -2.39. The number of carbonyl (C=O) groups is 2. The summed E-state index contributed by atoms with van der Waals surface area (Å²) in [4.78, 5) is 29.1. The average molecular weight is 386 g/mol. The van der Waals surface area contributed by atoms with E-state index in [-0.39, 0.29) is 22.8 Å². The smallest absolute Gasteiger partial charge is 0.259 e. The Kier molecular flexibility index (Phi) is 4.55. The first kappa shape index (κ1) is 17.8. The van der Waals surface area contributed by atoms with Crippen LogP contribution in [0.15, 0.2) is 54.4 Å². The predicted molar refractivity (Wildman–Crippen MR) is 108 cm³/mol. The van der Waals surface area contributed by atoms with Gasteiger partial charge in [0.1, 0.15) is 5.65 Å². The fraction of sp³-hybridized carbons (Fsp3) is 0.0952. The van der Waals surface area contributed by atoms with Gasteiger partial charge in [-0.1, -0.05) is 24.4 Å². The summed E-state index contributed by atoms with van der Waals surface area (Å²) < 4.78 is 1.96. The number of fused-ring (bicyclic) bond motifs is 1. The summed E-state index contributed by atoms with van der Waals surface area (Å²) in [6.45, 7) is 0.548. The molecule has 0 bridgehead atoms. The normalized spacial score (nSPS) is 15.7. The number of pyridine rings is 1. The topological polar surface area (TPSA) is 87.8 Å². The highest BCUT2D eigenvalue weighted by atomic mass is 32.1. The molecule has 0 saturated carbocycles. The van der Waals surface area contributed by atoms with E-state index in [2.05, 4.69) is 16.4 Å². The van der Waals surface area contributed by atoms with E-state index in [4.69, 9.17) is 17.5 Å². The maximum Gasteiger partial charge on any atom is 0.259 e. The summed E-state index contributed by atoms with van der Waals surface area (Å²) >= 11 is 4.94. The molecule has 136 valence electrons. The number of thiocarbonyl (C=S) groups is 1. The Bertz CT molecular complexity index is 1180. The number of Topliss-reactive ketones (excluding diaryl/α,β-unsaturated/α-hetero) is 1. The monoisotopic (exact) mass is 386 g/mol. The maximum absolute atomic E-state index is 12.2. The highest BCUT2D eigenvalue weighted by molar-refractivity contribution is 7.80. The summed E-state index contributed by atoms with van der Waals surface area (Å²) in [5, 5.41) is 12.3. The molecular formula is C21H14N4O2S. The Morgan fingerprint density at radius 3 is 2.75 bits per heavy atom. The average Bonchev–Trinajstić information content (AvgIpc) is 3.03. The van der Waals surface area contributed by atoms with Crippen LogP contribution in [0.2, 0.25) is 0 Å². The molecule has 1 N–H and O–H groups in total. The van der Waals surface area contributed by atoms with Gasteiger partial charge >= 0.3 is 0 Å². The van der Waals surface area contributed by atoms with Crippen LogP contribution in [0.5, 0.6) is 0 Å². The predicted octanol–water partition coefficient (Wildman–Crippen LogP) is 2.76. The van der Waals surface area contributed by atoms with Crippen LogP contribution in [0.4, 0.5) is 0 Å². The summed E-state index contributed by atoms with van der Waals surface area (Å²) in [6.07, 6.45) is 5.20. The Morgan fingerprint density at radius 2 is 2.04 bits per heavy atom. The molecule has 1 aromatic carbocycles. The van der Waals surface area contributed by atoms with Gasteiger partial charge in [-0.2, -0.15) is 5.26 Å². The number of rotatable bonds is 3. The highest BCUT2D eigenvalue weighted by Crippen LogP contribution is 2.24. The van der Waals surface area contributed by atoms with Crippen molar-refractivity contribution in [2.24, 2.45) is 0 Å². The van der Waals surface area contributed by atoms with E-state index in [1.54, 1.807) is 24.4 Å². The molecule has 0 unspecified atom stereocenters. The van der Waals surface area contributed by atoms with Crippen molar-refractivity contribution in [2.75, 3.05) is 0 Å². The van der Waals surface area contributed by atoms with Gasteiger partial charge in [0, 0.05) is 29.9 Å². The largest absolute Gasteiger partial charge is 0.327 e. The number of nitriles is 1. The van der Waals surface area contributed by atoms with Gasteiger partial charge in [0.25, 0.3) is 5.91 Å². The molecule has 0 spiro atoms. The Labute approximate surface area is 166 Å². The van der Waals surface area contributed by atoms with Crippen molar-refractivity contribution in [3.63, 3.8) is 0 Å². The fourth-order valence-corrected chi connectivity index (χ4v) is 3.40. The number of nitrogens with zero attached hydrogens (tertiary/aromatic N) is 3. The third-order valence-electron chi connectivity index (χ3n) is 4.52. The van der Waals surface area contributed by atoms with Crippen molar-refractivity contribution >= 4 is 46.0 Å². The van der Waals surface area contributed by atoms with Crippen molar-refractivity contribution in [3.8, 4) is 6.07 Å². The molecule has 6 nitrogen and oxygen atoms in total. The number of benzene rings is 1. The van der Waals surface area contributed by atoms with Gasteiger partial charge in [0.05, 0.1) is 28.6 Å².